The molecule has 1 atom stereocenters. The summed E-state index contributed by atoms with van der Waals surface area (Å²) in [5, 5.41) is 3.64. The molecule has 0 heterocycles. The number of rotatable bonds is 6. The minimum atomic E-state index is 0.618. The first-order valence-electron chi connectivity index (χ1n) is 8.01. The van der Waals surface area contributed by atoms with Crippen molar-refractivity contribution in [3.8, 4) is 0 Å². The third-order valence-electron chi connectivity index (χ3n) is 4.68. The molecule has 0 bridgehead atoms. The van der Waals surface area contributed by atoms with Gasteiger partial charge in [-0.2, -0.15) is 0 Å². The van der Waals surface area contributed by atoms with Crippen LogP contribution in [0.1, 0.15) is 57.4 Å². The summed E-state index contributed by atoms with van der Waals surface area (Å²) in [6.45, 7) is 7.00. The predicted octanol–water partition coefficient (Wildman–Crippen LogP) is 4.60. The monoisotopic (exact) mass is 259 g/mol. The second kappa shape index (κ2) is 7.69. The van der Waals surface area contributed by atoms with Gasteiger partial charge in [-0.25, -0.2) is 0 Å². The molecule has 1 N–H and O–H groups in total. The molecule has 1 heteroatoms. The molecule has 2 rings (SSSR count). The van der Waals surface area contributed by atoms with Gasteiger partial charge < -0.3 is 5.32 Å². The normalized spacial score (nSPS) is 25.2. The summed E-state index contributed by atoms with van der Waals surface area (Å²) < 4.78 is 0. The van der Waals surface area contributed by atoms with Crippen molar-refractivity contribution in [2.45, 2.75) is 51.9 Å². The minimum absolute atomic E-state index is 0.618. The van der Waals surface area contributed by atoms with E-state index in [1.54, 1.807) is 0 Å². The molecule has 1 aliphatic carbocycles. The molecule has 0 spiro atoms. The van der Waals surface area contributed by atoms with E-state index in [0.29, 0.717) is 5.92 Å². The molecule has 1 unspecified atom stereocenters. The zero-order valence-electron chi connectivity index (χ0n) is 12.6. The molecule has 1 aliphatic rings. The zero-order chi connectivity index (χ0) is 13.5. The molecule has 19 heavy (non-hydrogen) atoms. The minimum Gasteiger partial charge on any atom is -0.316 e. The Morgan fingerprint density at radius 1 is 1.11 bits per heavy atom. The Hall–Kier alpha value is -0.820. The van der Waals surface area contributed by atoms with Gasteiger partial charge in [0.25, 0.3) is 0 Å². The molecule has 1 aromatic rings. The van der Waals surface area contributed by atoms with Gasteiger partial charge in [-0.15, -0.1) is 0 Å². The van der Waals surface area contributed by atoms with Gasteiger partial charge in [0.15, 0.2) is 0 Å². The maximum absolute atomic E-state index is 3.64. The first-order chi connectivity index (χ1) is 9.25. The third kappa shape index (κ3) is 4.99. The van der Waals surface area contributed by atoms with E-state index in [0.717, 1.165) is 18.4 Å². The molecule has 0 aromatic heterocycles. The van der Waals surface area contributed by atoms with Crippen LogP contribution in [0.15, 0.2) is 30.3 Å². The van der Waals surface area contributed by atoms with Gasteiger partial charge in [0, 0.05) is 6.54 Å². The average Bonchev–Trinajstić information content (AvgIpc) is 2.46. The predicted molar refractivity (Wildman–Crippen MR) is 83.5 cm³/mol. The number of nitrogens with one attached hydrogen (secondary N) is 1. The maximum Gasteiger partial charge on any atom is 0.00174 e. The van der Waals surface area contributed by atoms with Crippen molar-refractivity contribution in [3.63, 3.8) is 0 Å². The van der Waals surface area contributed by atoms with Gasteiger partial charge in [0.1, 0.15) is 0 Å². The van der Waals surface area contributed by atoms with Crippen LogP contribution in [0.25, 0.3) is 0 Å². The highest BCUT2D eigenvalue weighted by Gasteiger charge is 2.17. The topological polar surface area (TPSA) is 12.0 Å². The van der Waals surface area contributed by atoms with Crippen molar-refractivity contribution < 1.29 is 0 Å². The highest BCUT2D eigenvalue weighted by Crippen LogP contribution is 2.29. The van der Waals surface area contributed by atoms with Crippen LogP contribution in [0, 0.1) is 11.8 Å². The largest absolute Gasteiger partial charge is 0.316 e. The Kier molecular flexibility index (Phi) is 5.91. The van der Waals surface area contributed by atoms with Gasteiger partial charge in [-0.3, -0.25) is 0 Å². The summed E-state index contributed by atoms with van der Waals surface area (Å²) in [5.41, 5.74) is 1.45. The smallest absolute Gasteiger partial charge is 0.00174 e. The van der Waals surface area contributed by atoms with E-state index in [9.17, 15) is 0 Å². The quantitative estimate of drug-likeness (QED) is 0.736. The van der Waals surface area contributed by atoms with Crippen LogP contribution < -0.4 is 5.32 Å². The highest BCUT2D eigenvalue weighted by atomic mass is 14.9. The van der Waals surface area contributed by atoms with Crippen molar-refractivity contribution in [1.29, 1.82) is 0 Å². The Morgan fingerprint density at radius 2 is 1.79 bits per heavy atom. The molecule has 106 valence electrons. The maximum atomic E-state index is 3.64. The van der Waals surface area contributed by atoms with Crippen LogP contribution in [0.5, 0.6) is 0 Å². The first-order valence-corrected chi connectivity index (χ1v) is 8.01. The summed E-state index contributed by atoms with van der Waals surface area (Å²) in [7, 11) is 0. The fraction of sp³-hybridized carbons (Fsp3) is 0.667. The zero-order valence-corrected chi connectivity index (χ0v) is 12.6. The Balaban J connectivity index is 1.59. The third-order valence-corrected chi connectivity index (χ3v) is 4.68. The summed E-state index contributed by atoms with van der Waals surface area (Å²) in [5.74, 6) is 2.57. The summed E-state index contributed by atoms with van der Waals surface area (Å²) in [6, 6.07) is 10.8. The van der Waals surface area contributed by atoms with Crippen molar-refractivity contribution >= 4 is 0 Å². The molecule has 1 saturated carbocycles. The van der Waals surface area contributed by atoms with E-state index >= 15 is 0 Å². The van der Waals surface area contributed by atoms with Crippen LogP contribution in [-0.2, 0) is 0 Å². The summed E-state index contributed by atoms with van der Waals surface area (Å²) >= 11 is 0. The molecular formula is C18H29N. The fourth-order valence-corrected chi connectivity index (χ4v) is 3.14. The fourth-order valence-electron chi connectivity index (χ4n) is 3.14. The highest BCUT2D eigenvalue weighted by molar-refractivity contribution is 5.18. The van der Waals surface area contributed by atoms with Gasteiger partial charge >= 0.3 is 0 Å². The summed E-state index contributed by atoms with van der Waals surface area (Å²) in [6.07, 6.45) is 7.18. The first kappa shape index (κ1) is 14.6. The SMILES string of the molecule is CC1CCC(CCNCC(C)c2ccccc2)CC1. The standard InChI is InChI=1S/C18H29N/c1-15-8-10-17(11-9-15)12-13-19-14-16(2)18-6-4-3-5-7-18/h3-7,15-17,19H,8-14H2,1-2H3. The van der Waals surface area contributed by atoms with Gasteiger partial charge in [-0.05, 0) is 36.3 Å². The number of benzene rings is 1. The summed E-state index contributed by atoms with van der Waals surface area (Å²) in [4.78, 5) is 0. The van der Waals surface area contributed by atoms with Crippen molar-refractivity contribution in [2.75, 3.05) is 13.1 Å². The molecule has 0 amide bonds. The van der Waals surface area contributed by atoms with E-state index in [-0.39, 0.29) is 0 Å². The van der Waals surface area contributed by atoms with Crippen molar-refractivity contribution in [3.05, 3.63) is 35.9 Å². The molecule has 1 aromatic carbocycles. The number of hydrogen-bond acceptors (Lipinski definition) is 1. The van der Waals surface area contributed by atoms with Crippen LogP contribution in [0.2, 0.25) is 0 Å². The second-order valence-electron chi connectivity index (χ2n) is 6.43. The second-order valence-corrected chi connectivity index (χ2v) is 6.43. The van der Waals surface area contributed by atoms with Gasteiger partial charge in [-0.1, -0.05) is 69.9 Å². The van der Waals surface area contributed by atoms with Gasteiger partial charge in [0.2, 0.25) is 0 Å². The van der Waals surface area contributed by atoms with E-state index in [1.165, 1.54) is 44.2 Å². The van der Waals surface area contributed by atoms with Crippen LogP contribution in [0.4, 0.5) is 0 Å². The van der Waals surface area contributed by atoms with Gasteiger partial charge in [0.05, 0.1) is 0 Å². The molecule has 0 radical (unpaired) electrons. The van der Waals surface area contributed by atoms with Crippen LogP contribution in [0.3, 0.4) is 0 Å². The lowest BCUT2D eigenvalue weighted by molar-refractivity contribution is 0.275. The lowest BCUT2D eigenvalue weighted by atomic mass is 9.81. The van der Waals surface area contributed by atoms with E-state index in [2.05, 4.69) is 49.5 Å². The van der Waals surface area contributed by atoms with Crippen LogP contribution in [-0.4, -0.2) is 13.1 Å². The Morgan fingerprint density at radius 3 is 2.47 bits per heavy atom. The van der Waals surface area contributed by atoms with E-state index in [1.807, 2.05) is 0 Å². The van der Waals surface area contributed by atoms with Crippen LogP contribution >= 0.6 is 0 Å². The van der Waals surface area contributed by atoms with Crippen molar-refractivity contribution in [2.24, 2.45) is 11.8 Å². The molecule has 1 nitrogen and oxygen atoms in total. The van der Waals surface area contributed by atoms with Crippen molar-refractivity contribution in [1.82, 2.24) is 5.32 Å². The molecule has 1 fully saturated rings. The lowest BCUT2D eigenvalue weighted by Gasteiger charge is -2.26. The Bertz CT molecular complexity index is 338. The molecular weight excluding hydrogens is 230 g/mol. The number of hydrogen-bond donors (Lipinski definition) is 1. The van der Waals surface area contributed by atoms with E-state index in [4.69, 9.17) is 0 Å². The Labute approximate surface area is 118 Å². The molecule has 0 saturated heterocycles. The lowest BCUT2D eigenvalue weighted by Crippen LogP contribution is -2.24. The molecule has 0 aliphatic heterocycles. The average molecular weight is 259 g/mol. The van der Waals surface area contributed by atoms with E-state index < -0.39 is 0 Å².